The standard InChI is InChI=1S/C23H25Cl2N3O4/c1-31-20-13-16(12-19(25)23(20)32-2)6-7-21(29)26-15-22(30)28-10-8-27(9-11-28)18-5-3-4-17(24)14-18/h3-7,12-14H,8-11,15H2,1-2H3,(H,26,29)/b7-6+. The summed E-state index contributed by atoms with van der Waals surface area (Å²) in [6, 6.07) is 11.0. The predicted octanol–water partition coefficient (Wildman–Crippen LogP) is 3.49. The summed E-state index contributed by atoms with van der Waals surface area (Å²) in [5.41, 5.74) is 1.71. The second kappa shape index (κ2) is 11.1. The SMILES string of the molecule is COc1cc(/C=C/C(=O)NCC(=O)N2CCN(c3cccc(Cl)c3)CC2)cc(Cl)c1OC. The quantitative estimate of drug-likeness (QED) is 0.618. The average molecular weight is 478 g/mol. The number of anilines is 1. The number of ether oxygens (including phenoxy) is 2. The Labute approximate surface area is 197 Å². The van der Waals surface area contributed by atoms with E-state index in [-0.39, 0.29) is 18.4 Å². The normalized spacial score (nSPS) is 13.9. The Bertz CT molecular complexity index is 1000. The van der Waals surface area contributed by atoms with Gasteiger partial charge in [0.05, 0.1) is 25.8 Å². The third kappa shape index (κ3) is 6.08. The molecule has 2 amide bonds. The van der Waals surface area contributed by atoms with Crippen LogP contribution in [0.2, 0.25) is 10.0 Å². The lowest BCUT2D eigenvalue weighted by atomic mass is 10.2. The van der Waals surface area contributed by atoms with E-state index >= 15 is 0 Å². The smallest absolute Gasteiger partial charge is 0.244 e. The van der Waals surface area contributed by atoms with Crippen molar-refractivity contribution >= 4 is 46.8 Å². The van der Waals surface area contributed by atoms with Crippen LogP contribution in [0.25, 0.3) is 6.08 Å². The molecule has 1 aliphatic rings. The van der Waals surface area contributed by atoms with Gasteiger partial charge in [0.15, 0.2) is 11.5 Å². The van der Waals surface area contributed by atoms with E-state index in [1.54, 1.807) is 23.1 Å². The van der Waals surface area contributed by atoms with Crippen molar-refractivity contribution in [1.29, 1.82) is 0 Å². The highest BCUT2D eigenvalue weighted by atomic mass is 35.5. The van der Waals surface area contributed by atoms with Crippen LogP contribution in [0.15, 0.2) is 42.5 Å². The van der Waals surface area contributed by atoms with Gasteiger partial charge in [0, 0.05) is 43.0 Å². The van der Waals surface area contributed by atoms with Crippen molar-refractivity contribution in [2.24, 2.45) is 0 Å². The second-order valence-electron chi connectivity index (χ2n) is 7.14. The number of hydrogen-bond acceptors (Lipinski definition) is 5. The highest BCUT2D eigenvalue weighted by Gasteiger charge is 2.21. The monoisotopic (exact) mass is 477 g/mol. The van der Waals surface area contributed by atoms with Crippen molar-refractivity contribution in [3.63, 3.8) is 0 Å². The van der Waals surface area contributed by atoms with Gasteiger partial charge in [-0.15, -0.1) is 0 Å². The van der Waals surface area contributed by atoms with Crippen LogP contribution >= 0.6 is 23.2 Å². The molecule has 1 aliphatic heterocycles. The molecule has 0 bridgehead atoms. The number of amides is 2. The van der Waals surface area contributed by atoms with Crippen LogP contribution in [0.4, 0.5) is 5.69 Å². The maximum atomic E-state index is 12.5. The molecular weight excluding hydrogens is 453 g/mol. The molecule has 7 nitrogen and oxygen atoms in total. The first-order valence-corrected chi connectivity index (χ1v) is 10.8. The lowest BCUT2D eigenvalue weighted by Crippen LogP contribution is -2.51. The van der Waals surface area contributed by atoms with Crippen molar-refractivity contribution in [1.82, 2.24) is 10.2 Å². The maximum Gasteiger partial charge on any atom is 0.244 e. The van der Waals surface area contributed by atoms with E-state index in [2.05, 4.69) is 10.2 Å². The fourth-order valence-corrected chi connectivity index (χ4v) is 3.91. The zero-order valence-corrected chi connectivity index (χ0v) is 19.4. The molecule has 2 aromatic rings. The molecule has 9 heteroatoms. The Morgan fingerprint density at radius 1 is 1.06 bits per heavy atom. The fraction of sp³-hybridized carbons (Fsp3) is 0.304. The summed E-state index contributed by atoms with van der Waals surface area (Å²) in [7, 11) is 3.01. The number of carbonyl (C=O) groups excluding carboxylic acids is 2. The van der Waals surface area contributed by atoms with Crippen molar-refractivity contribution in [2.45, 2.75) is 0 Å². The van der Waals surface area contributed by atoms with E-state index in [9.17, 15) is 9.59 Å². The number of benzene rings is 2. The molecule has 1 N–H and O–H groups in total. The molecular formula is C23H25Cl2N3O4. The van der Waals surface area contributed by atoms with E-state index in [4.69, 9.17) is 32.7 Å². The molecule has 0 atom stereocenters. The van der Waals surface area contributed by atoms with E-state index in [1.165, 1.54) is 20.3 Å². The van der Waals surface area contributed by atoms with Crippen LogP contribution in [0.3, 0.4) is 0 Å². The molecule has 0 spiro atoms. The maximum absolute atomic E-state index is 12.5. The lowest BCUT2D eigenvalue weighted by molar-refractivity contribution is -0.132. The number of hydrogen-bond donors (Lipinski definition) is 1. The fourth-order valence-electron chi connectivity index (χ4n) is 3.43. The minimum Gasteiger partial charge on any atom is -0.493 e. The number of rotatable bonds is 7. The molecule has 0 unspecified atom stereocenters. The van der Waals surface area contributed by atoms with Gasteiger partial charge in [0.2, 0.25) is 11.8 Å². The first kappa shape index (κ1) is 23.8. The Hall–Kier alpha value is -2.90. The molecule has 0 aliphatic carbocycles. The van der Waals surface area contributed by atoms with E-state index in [1.807, 2.05) is 24.3 Å². The van der Waals surface area contributed by atoms with E-state index < -0.39 is 0 Å². The van der Waals surface area contributed by atoms with Crippen molar-refractivity contribution in [3.05, 3.63) is 58.1 Å². The minimum atomic E-state index is -0.373. The van der Waals surface area contributed by atoms with Gasteiger partial charge in [0.25, 0.3) is 0 Å². The van der Waals surface area contributed by atoms with Gasteiger partial charge in [0.1, 0.15) is 0 Å². The summed E-state index contributed by atoms with van der Waals surface area (Å²) in [6.45, 7) is 2.52. The number of carbonyl (C=O) groups is 2. The van der Waals surface area contributed by atoms with Gasteiger partial charge >= 0.3 is 0 Å². The van der Waals surface area contributed by atoms with Crippen LogP contribution in [0.1, 0.15) is 5.56 Å². The highest BCUT2D eigenvalue weighted by Crippen LogP contribution is 2.36. The van der Waals surface area contributed by atoms with E-state index in [0.29, 0.717) is 53.3 Å². The predicted molar refractivity (Wildman–Crippen MR) is 127 cm³/mol. The third-order valence-electron chi connectivity index (χ3n) is 5.10. The highest BCUT2D eigenvalue weighted by molar-refractivity contribution is 6.32. The van der Waals surface area contributed by atoms with Crippen LogP contribution < -0.4 is 19.7 Å². The average Bonchev–Trinajstić information content (AvgIpc) is 2.80. The number of piperazine rings is 1. The van der Waals surface area contributed by atoms with Crippen molar-refractivity contribution < 1.29 is 19.1 Å². The molecule has 0 aromatic heterocycles. The lowest BCUT2D eigenvalue weighted by Gasteiger charge is -2.36. The van der Waals surface area contributed by atoms with Gasteiger partial charge in [-0.05, 0) is 42.0 Å². The molecule has 0 radical (unpaired) electrons. The molecule has 1 saturated heterocycles. The van der Waals surface area contributed by atoms with Gasteiger partial charge in [-0.2, -0.15) is 0 Å². The Morgan fingerprint density at radius 2 is 1.81 bits per heavy atom. The third-order valence-corrected chi connectivity index (χ3v) is 5.62. The van der Waals surface area contributed by atoms with Crippen molar-refractivity contribution in [3.8, 4) is 11.5 Å². The number of nitrogens with zero attached hydrogens (tertiary/aromatic N) is 2. The zero-order chi connectivity index (χ0) is 23.1. The van der Waals surface area contributed by atoms with Crippen LogP contribution in [0, 0.1) is 0 Å². The number of nitrogens with one attached hydrogen (secondary N) is 1. The minimum absolute atomic E-state index is 0.0625. The zero-order valence-electron chi connectivity index (χ0n) is 17.9. The Balaban J connectivity index is 1.48. The Kier molecular flexibility index (Phi) is 8.25. The molecule has 2 aromatic carbocycles. The van der Waals surface area contributed by atoms with Gasteiger partial charge in [-0.25, -0.2) is 0 Å². The Morgan fingerprint density at radius 3 is 2.47 bits per heavy atom. The van der Waals surface area contributed by atoms with Crippen LogP contribution in [-0.4, -0.2) is 63.7 Å². The first-order valence-electron chi connectivity index (χ1n) is 10.1. The number of halogens is 2. The van der Waals surface area contributed by atoms with Crippen LogP contribution in [-0.2, 0) is 9.59 Å². The summed E-state index contributed by atoms with van der Waals surface area (Å²) in [6.07, 6.45) is 2.94. The largest absolute Gasteiger partial charge is 0.493 e. The molecule has 1 heterocycles. The van der Waals surface area contributed by atoms with Crippen molar-refractivity contribution in [2.75, 3.05) is 51.8 Å². The molecule has 3 rings (SSSR count). The van der Waals surface area contributed by atoms with Gasteiger partial charge in [-0.1, -0.05) is 29.3 Å². The number of methoxy groups -OCH3 is 2. The molecule has 1 fully saturated rings. The first-order chi connectivity index (χ1) is 15.4. The second-order valence-corrected chi connectivity index (χ2v) is 7.98. The molecule has 0 saturated carbocycles. The topological polar surface area (TPSA) is 71.1 Å². The summed E-state index contributed by atoms with van der Waals surface area (Å²) in [5.74, 6) is 0.400. The van der Waals surface area contributed by atoms with E-state index in [0.717, 1.165) is 5.69 Å². The summed E-state index contributed by atoms with van der Waals surface area (Å²) < 4.78 is 10.4. The summed E-state index contributed by atoms with van der Waals surface area (Å²) >= 11 is 12.2. The molecule has 170 valence electrons. The molecule has 32 heavy (non-hydrogen) atoms. The van der Waals surface area contributed by atoms with Gasteiger partial charge in [-0.3, -0.25) is 9.59 Å². The van der Waals surface area contributed by atoms with Gasteiger partial charge < -0.3 is 24.6 Å². The summed E-state index contributed by atoms with van der Waals surface area (Å²) in [4.78, 5) is 28.6. The van der Waals surface area contributed by atoms with Crippen LogP contribution in [0.5, 0.6) is 11.5 Å². The summed E-state index contributed by atoms with van der Waals surface area (Å²) in [5, 5.41) is 3.69.